The van der Waals surface area contributed by atoms with Crippen molar-refractivity contribution in [2.24, 2.45) is 5.73 Å². The molecule has 1 unspecified atom stereocenters. The van der Waals surface area contributed by atoms with Gasteiger partial charge >= 0.3 is 0 Å². The van der Waals surface area contributed by atoms with Crippen LogP contribution in [0.4, 0.5) is 0 Å². The Morgan fingerprint density at radius 3 is 2.89 bits per heavy atom. The molecule has 0 aromatic heterocycles. The lowest BCUT2D eigenvalue weighted by atomic mass is 10.2. The van der Waals surface area contributed by atoms with Crippen molar-refractivity contribution < 1.29 is 14.3 Å². The zero-order valence-electron chi connectivity index (χ0n) is 10.6. The number of hydrogen-bond acceptors (Lipinski definition) is 4. The Balaban J connectivity index is 3.48. The Morgan fingerprint density at radius 2 is 2.28 bits per heavy atom. The fraction of sp³-hybridized carbons (Fsp3) is 0.538. The quantitative estimate of drug-likeness (QED) is 0.352. The molecule has 0 fully saturated rings. The van der Waals surface area contributed by atoms with Gasteiger partial charge in [0.25, 0.3) is 0 Å². The van der Waals surface area contributed by atoms with E-state index in [4.69, 9.17) is 16.9 Å². The first kappa shape index (κ1) is 16.2. The van der Waals surface area contributed by atoms with Crippen LogP contribution in [0.15, 0.2) is 12.3 Å². The van der Waals surface area contributed by atoms with Gasteiger partial charge < -0.3 is 15.8 Å². The molecule has 0 radical (unpaired) electrons. The van der Waals surface area contributed by atoms with Gasteiger partial charge in [-0.05, 0) is 19.4 Å². The highest BCUT2D eigenvalue weighted by Gasteiger charge is 2.02. The van der Waals surface area contributed by atoms with E-state index in [-0.39, 0.29) is 11.7 Å². The summed E-state index contributed by atoms with van der Waals surface area (Å²) in [6.45, 7) is 2.15. The third-order valence-corrected chi connectivity index (χ3v) is 2.12. The first-order chi connectivity index (χ1) is 8.57. The Labute approximate surface area is 108 Å². The number of hydrogen-bond donors (Lipinski definition) is 2. The van der Waals surface area contributed by atoms with E-state index in [1.54, 1.807) is 0 Å². The summed E-state index contributed by atoms with van der Waals surface area (Å²) in [5.74, 6) is 2.30. The standard InChI is InChI=1S/C13H20N2O3/c1-3-4-5-6-13(17)15-8-10-18-9-7-12(14)11(2)16/h1,7,9,12H,4-6,8,10,14H2,2H3,(H,15,17)/b9-7+. The van der Waals surface area contributed by atoms with Crippen molar-refractivity contribution in [3.8, 4) is 12.3 Å². The molecule has 5 heteroatoms. The molecule has 5 nitrogen and oxygen atoms in total. The van der Waals surface area contributed by atoms with Crippen molar-refractivity contribution in [2.45, 2.75) is 32.2 Å². The smallest absolute Gasteiger partial charge is 0.220 e. The van der Waals surface area contributed by atoms with E-state index in [0.29, 0.717) is 32.4 Å². The lowest BCUT2D eigenvalue weighted by Gasteiger charge is -2.05. The van der Waals surface area contributed by atoms with Crippen LogP contribution in [0, 0.1) is 12.3 Å². The van der Waals surface area contributed by atoms with Gasteiger partial charge in [0.1, 0.15) is 12.4 Å². The van der Waals surface area contributed by atoms with E-state index >= 15 is 0 Å². The van der Waals surface area contributed by atoms with E-state index < -0.39 is 6.04 Å². The molecule has 0 bridgehead atoms. The van der Waals surface area contributed by atoms with Crippen molar-refractivity contribution in [1.82, 2.24) is 5.32 Å². The number of terminal acetylenes is 1. The second-order valence-electron chi connectivity index (χ2n) is 3.74. The zero-order chi connectivity index (χ0) is 13.8. The predicted molar refractivity (Wildman–Crippen MR) is 69.4 cm³/mol. The molecule has 0 aromatic rings. The van der Waals surface area contributed by atoms with Gasteiger partial charge in [0, 0.05) is 12.8 Å². The Kier molecular flexibility index (Phi) is 9.32. The van der Waals surface area contributed by atoms with Gasteiger partial charge in [-0.2, -0.15) is 0 Å². The van der Waals surface area contributed by atoms with Crippen LogP contribution in [0.5, 0.6) is 0 Å². The van der Waals surface area contributed by atoms with Gasteiger partial charge in [-0.15, -0.1) is 12.3 Å². The first-order valence-corrected chi connectivity index (χ1v) is 5.82. The molecule has 1 amide bonds. The topological polar surface area (TPSA) is 81.4 Å². The van der Waals surface area contributed by atoms with Gasteiger partial charge in [-0.3, -0.25) is 9.59 Å². The molecule has 3 N–H and O–H groups in total. The first-order valence-electron chi connectivity index (χ1n) is 5.82. The molecule has 0 aliphatic rings. The van der Waals surface area contributed by atoms with Gasteiger partial charge in [-0.25, -0.2) is 0 Å². The van der Waals surface area contributed by atoms with Crippen molar-refractivity contribution in [3.05, 3.63) is 12.3 Å². The molecule has 0 aliphatic carbocycles. The van der Waals surface area contributed by atoms with Crippen molar-refractivity contribution in [1.29, 1.82) is 0 Å². The Morgan fingerprint density at radius 1 is 1.56 bits per heavy atom. The molecule has 0 saturated carbocycles. The summed E-state index contributed by atoms with van der Waals surface area (Å²) in [7, 11) is 0. The molecule has 0 aromatic carbocycles. The number of carbonyl (C=O) groups is 2. The van der Waals surface area contributed by atoms with E-state index in [0.717, 1.165) is 0 Å². The summed E-state index contributed by atoms with van der Waals surface area (Å²) in [5, 5.41) is 2.69. The fourth-order valence-corrected chi connectivity index (χ4v) is 1.03. The van der Waals surface area contributed by atoms with Crippen LogP contribution in [0.3, 0.4) is 0 Å². The van der Waals surface area contributed by atoms with E-state index in [2.05, 4.69) is 11.2 Å². The van der Waals surface area contributed by atoms with Crippen LogP contribution in [0.1, 0.15) is 26.2 Å². The van der Waals surface area contributed by atoms with Gasteiger partial charge in [-0.1, -0.05) is 0 Å². The molecular weight excluding hydrogens is 232 g/mol. The summed E-state index contributed by atoms with van der Waals surface area (Å²) in [5.41, 5.74) is 5.45. The van der Waals surface area contributed by atoms with Crippen LogP contribution in [-0.2, 0) is 14.3 Å². The molecular formula is C13H20N2O3. The summed E-state index contributed by atoms with van der Waals surface area (Å²) < 4.78 is 5.07. The minimum atomic E-state index is -0.636. The lowest BCUT2D eigenvalue weighted by Crippen LogP contribution is -2.27. The van der Waals surface area contributed by atoms with Crippen LogP contribution in [0.25, 0.3) is 0 Å². The molecule has 100 valence electrons. The Hall–Kier alpha value is -1.80. The third kappa shape index (κ3) is 9.43. The monoisotopic (exact) mass is 252 g/mol. The number of carbonyl (C=O) groups excluding carboxylic acids is 2. The number of ether oxygens (including phenoxy) is 1. The number of rotatable bonds is 9. The number of ketones is 1. The number of Topliss-reactive ketones (excluding diaryl/α,β-unsaturated/α-hetero) is 1. The minimum Gasteiger partial charge on any atom is -0.500 e. The van der Waals surface area contributed by atoms with Crippen LogP contribution < -0.4 is 11.1 Å². The number of amides is 1. The van der Waals surface area contributed by atoms with E-state index in [1.807, 2.05) is 0 Å². The number of nitrogens with two attached hydrogens (primary N) is 1. The summed E-state index contributed by atoms with van der Waals surface area (Å²) >= 11 is 0. The maximum atomic E-state index is 11.2. The normalized spacial score (nSPS) is 11.8. The number of unbranched alkanes of at least 4 members (excludes halogenated alkanes) is 1. The summed E-state index contributed by atoms with van der Waals surface area (Å²) in [6, 6.07) is -0.636. The van der Waals surface area contributed by atoms with Gasteiger partial charge in [0.2, 0.25) is 5.91 Å². The second kappa shape index (κ2) is 10.4. The highest BCUT2D eigenvalue weighted by Crippen LogP contribution is 1.92. The van der Waals surface area contributed by atoms with E-state index in [9.17, 15) is 9.59 Å². The molecule has 0 spiro atoms. The summed E-state index contributed by atoms with van der Waals surface area (Å²) in [6.07, 6.45) is 9.64. The van der Waals surface area contributed by atoms with Crippen LogP contribution in [-0.4, -0.2) is 30.9 Å². The van der Waals surface area contributed by atoms with Crippen molar-refractivity contribution >= 4 is 11.7 Å². The molecule has 0 saturated heterocycles. The molecule has 0 heterocycles. The Bertz CT molecular complexity index is 332. The predicted octanol–water partition coefficient (Wildman–Crippen LogP) is 0.353. The average Bonchev–Trinajstić information content (AvgIpc) is 2.33. The maximum Gasteiger partial charge on any atom is 0.220 e. The van der Waals surface area contributed by atoms with Crippen molar-refractivity contribution in [3.63, 3.8) is 0 Å². The average molecular weight is 252 g/mol. The van der Waals surface area contributed by atoms with Crippen LogP contribution in [0.2, 0.25) is 0 Å². The third-order valence-electron chi connectivity index (χ3n) is 2.12. The zero-order valence-corrected chi connectivity index (χ0v) is 10.6. The van der Waals surface area contributed by atoms with Crippen LogP contribution >= 0.6 is 0 Å². The summed E-state index contributed by atoms with van der Waals surface area (Å²) in [4.78, 5) is 22.0. The number of nitrogens with one attached hydrogen (secondary N) is 1. The highest BCUT2D eigenvalue weighted by molar-refractivity contribution is 5.83. The van der Waals surface area contributed by atoms with Crippen molar-refractivity contribution in [2.75, 3.05) is 13.2 Å². The van der Waals surface area contributed by atoms with Gasteiger partial charge in [0.05, 0.1) is 18.8 Å². The largest absolute Gasteiger partial charge is 0.500 e. The molecule has 18 heavy (non-hydrogen) atoms. The SMILES string of the molecule is C#CCCCC(=O)NCCO/C=C/C(N)C(C)=O. The molecule has 0 rings (SSSR count). The second-order valence-corrected chi connectivity index (χ2v) is 3.74. The van der Waals surface area contributed by atoms with E-state index in [1.165, 1.54) is 19.3 Å². The lowest BCUT2D eigenvalue weighted by molar-refractivity contribution is -0.121. The maximum absolute atomic E-state index is 11.2. The molecule has 1 atom stereocenters. The minimum absolute atomic E-state index is 0.0433. The highest BCUT2D eigenvalue weighted by atomic mass is 16.5. The fourth-order valence-electron chi connectivity index (χ4n) is 1.03. The molecule has 0 aliphatic heterocycles. The van der Waals surface area contributed by atoms with Gasteiger partial charge in [0.15, 0.2) is 0 Å².